The smallest absolute Gasteiger partial charge is 0.386 e. The van der Waals surface area contributed by atoms with Gasteiger partial charge in [-0.1, -0.05) is 36.1 Å². The topological polar surface area (TPSA) is 18.5 Å². The molecule has 0 radical (unpaired) electrons. The van der Waals surface area contributed by atoms with Gasteiger partial charge in [0.25, 0.3) is 0 Å². The average molecular weight is 255 g/mol. The molecule has 74 valence electrons. The van der Waals surface area contributed by atoms with Crippen LogP contribution < -0.4 is 0 Å². The van der Waals surface area contributed by atoms with Gasteiger partial charge in [-0.15, -0.1) is 0 Å². The van der Waals surface area contributed by atoms with E-state index in [9.17, 15) is 0 Å². The zero-order chi connectivity index (χ0) is 9.45. The summed E-state index contributed by atoms with van der Waals surface area (Å²) in [6, 6.07) is 0.965. The van der Waals surface area contributed by atoms with Crippen LogP contribution >= 0.6 is 15.3 Å². The van der Waals surface area contributed by atoms with E-state index in [4.69, 9.17) is 8.85 Å². The predicted octanol–water partition coefficient (Wildman–Crippen LogP) is 3.19. The van der Waals surface area contributed by atoms with Gasteiger partial charge in [-0.2, -0.15) is 0 Å². The van der Waals surface area contributed by atoms with Crippen LogP contribution in [0.15, 0.2) is 0 Å². The maximum atomic E-state index is 5.66. The largest absolute Gasteiger partial charge is 0.413 e. The molecule has 0 rings (SSSR count). The van der Waals surface area contributed by atoms with E-state index in [-0.39, 0.29) is 0 Å². The van der Waals surface area contributed by atoms with Crippen molar-refractivity contribution in [1.29, 1.82) is 0 Å². The van der Waals surface area contributed by atoms with E-state index in [0.717, 1.165) is 32.1 Å². The van der Waals surface area contributed by atoms with Crippen molar-refractivity contribution >= 4 is 22.5 Å². The molecule has 0 atom stereocenters. The molecule has 0 saturated heterocycles. The SMILES string of the molecule is CCCO[Si](Br)(CC)OCCC. The number of rotatable bonds is 7. The van der Waals surface area contributed by atoms with Crippen molar-refractivity contribution in [2.75, 3.05) is 13.2 Å². The molecule has 0 aromatic rings. The van der Waals surface area contributed by atoms with Crippen LogP contribution in [0.1, 0.15) is 33.6 Å². The third-order valence-corrected chi connectivity index (χ3v) is 6.64. The fraction of sp³-hybridized carbons (Fsp3) is 1.00. The Bertz CT molecular complexity index is 103. The minimum atomic E-state index is -1.95. The maximum Gasteiger partial charge on any atom is 0.413 e. The summed E-state index contributed by atoms with van der Waals surface area (Å²) in [6.07, 6.45) is 2.10. The quantitative estimate of drug-likeness (QED) is 0.514. The third kappa shape index (κ3) is 5.30. The van der Waals surface area contributed by atoms with Crippen molar-refractivity contribution in [3.05, 3.63) is 0 Å². The van der Waals surface area contributed by atoms with Gasteiger partial charge in [-0.3, -0.25) is 0 Å². The molecule has 4 heteroatoms. The average Bonchev–Trinajstić information content (AvgIpc) is 2.11. The highest BCUT2D eigenvalue weighted by atomic mass is 79.9. The summed E-state index contributed by atoms with van der Waals surface area (Å²) >= 11 is 3.58. The lowest BCUT2D eigenvalue weighted by atomic mass is 10.5. The molecule has 0 aliphatic heterocycles. The summed E-state index contributed by atoms with van der Waals surface area (Å²) in [6.45, 7) is 7.92. The predicted molar refractivity (Wildman–Crippen MR) is 57.6 cm³/mol. The standard InChI is InChI=1S/C8H19BrO2Si/c1-4-7-10-12(9,6-3)11-8-5-2/h4-8H2,1-3H3. The molecule has 12 heavy (non-hydrogen) atoms. The molecule has 0 aromatic heterocycles. The van der Waals surface area contributed by atoms with Crippen LogP contribution in [0.3, 0.4) is 0 Å². The maximum absolute atomic E-state index is 5.66. The molecule has 0 fully saturated rings. The Morgan fingerprint density at radius 1 is 1.00 bits per heavy atom. The van der Waals surface area contributed by atoms with E-state index in [1.165, 1.54) is 0 Å². The molecule has 0 aromatic carbocycles. The fourth-order valence-electron chi connectivity index (χ4n) is 0.755. The summed E-state index contributed by atoms with van der Waals surface area (Å²) < 4.78 is 11.3. The number of hydrogen-bond donors (Lipinski definition) is 0. The molecule has 2 nitrogen and oxygen atoms in total. The Morgan fingerprint density at radius 3 is 1.67 bits per heavy atom. The fourth-order valence-corrected chi connectivity index (χ4v) is 3.24. The zero-order valence-electron chi connectivity index (χ0n) is 8.23. The van der Waals surface area contributed by atoms with Gasteiger partial charge in [0.05, 0.1) is 0 Å². The Hall–Kier alpha value is 0.617. The van der Waals surface area contributed by atoms with Crippen molar-refractivity contribution in [3.63, 3.8) is 0 Å². The molecule has 0 spiro atoms. The second-order valence-electron chi connectivity index (χ2n) is 2.71. The molecule has 0 heterocycles. The third-order valence-electron chi connectivity index (χ3n) is 1.47. The van der Waals surface area contributed by atoms with Crippen molar-refractivity contribution in [2.24, 2.45) is 0 Å². The van der Waals surface area contributed by atoms with Gasteiger partial charge in [-0.25, -0.2) is 0 Å². The highest BCUT2D eigenvalue weighted by Gasteiger charge is 2.31. The first kappa shape index (κ1) is 12.6. The zero-order valence-corrected chi connectivity index (χ0v) is 10.8. The molecule has 0 aliphatic rings. The minimum Gasteiger partial charge on any atom is -0.386 e. The summed E-state index contributed by atoms with van der Waals surface area (Å²) in [7, 11) is -1.95. The van der Waals surface area contributed by atoms with Crippen LogP contribution in [0.4, 0.5) is 0 Å². The van der Waals surface area contributed by atoms with E-state index >= 15 is 0 Å². The summed E-state index contributed by atoms with van der Waals surface area (Å²) in [5, 5.41) is 0. The lowest BCUT2D eigenvalue weighted by Crippen LogP contribution is -2.35. The highest BCUT2D eigenvalue weighted by molar-refractivity contribution is 9.25. The molecule has 0 aliphatic carbocycles. The van der Waals surface area contributed by atoms with Crippen molar-refractivity contribution in [2.45, 2.75) is 39.7 Å². The van der Waals surface area contributed by atoms with Gasteiger partial charge in [0.2, 0.25) is 0 Å². The second kappa shape index (κ2) is 7.06. The molecule has 0 amide bonds. The van der Waals surface area contributed by atoms with E-state index in [2.05, 4.69) is 36.1 Å². The van der Waals surface area contributed by atoms with Crippen LogP contribution in [0.2, 0.25) is 6.04 Å². The first-order chi connectivity index (χ1) is 5.68. The molecular weight excluding hydrogens is 236 g/mol. The van der Waals surface area contributed by atoms with Crippen LogP contribution in [0, 0.1) is 0 Å². The highest BCUT2D eigenvalue weighted by Crippen LogP contribution is 2.21. The molecular formula is C8H19BrO2Si. The molecule has 0 saturated carbocycles. The summed E-state index contributed by atoms with van der Waals surface area (Å²) in [5.74, 6) is 0. The van der Waals surface area contributed by atoms with E-state index in [1.54, 1.807) is 0 Å². The van der Waals surface area contributed by atoms with Gasteiger partial charge < -0.3 is 8.85 Å². The van der Waals surface area contributed by atoms with Gasteiger partial charge >= 0.3 is 7.18 Å². The van der Waals surface area contributed by atoms with Crippen LogP contribution in [-0.4, -0.2) is 20.4 Å². The Balaban J connectivity index is 3.70. The van der Waals surface area contributed by atoms with Crippen molar-refractivity contribution in [3.8, 4) is 0 Å². The number of halogens is 1. The lowest BCUT2D eigenvalue weighted by molar-refractivity contribution is 0.191. The van der Waals surface area contributed by atoms with E-state index in [1.807, 2.05) is 0 Å². The van der Waals surface area contributed by atoms with Crippen molar-refractivity contribution in [1.82, 2.24) is 0 Å². The monoisotopic (exact) mass is 254 g/mol. The Kier molecular flexibility index (Phi) is 7.43. The molecule has 0 N–H and O–H groups in total. The van der Waals surface area contributed by atoms with Gasteiger partial charge in [-0.05, 0) is 18.9 Å². The van der Waals surface area contributed by atoms with Crippen LogP contribution in [0.25, 0.3) is 0 Å². The molecule has 0 unspecified atom stereocenters. The Morgan fingerprint density at radius 2 is 1.42 bits per heavy atom. The van der Waals surface area contributed by atoms with Crippen LogP contribution in [0.5, 0.6) is 0 Å². The lowest BCUT2D eigenvalue weighted by Gasteiger charge is -2.22. The van der Waals surface area contributed by atoms with Gasteiger partial charge in [0.1, 0.15) is 0 Å². The second-order valence-corrected chi connectivity index (χ2v) is 8.94. The van der Waals surface area contributed by atoms with Crippen LogP contribution in [-0.2, 0) is 8.85 Å². The van der Waals surface area contributed by atoms with E-state index in [0.29, 0.717) is 0 Å². The van der Waals surface area contributed by atoms with Crippen molar-refractivity contribution < 1.29 is 8.85 Å². The minimum absolute atomic E-state index is 0.801. The van der Waals surface area contributed by atoms with Gasteiger partial charge in [0.15, 0.2) is 0 Å². The summed E-state index contributed by atoms with van der Waals surface area (Å²) in [5.41, 5.74) is 0. The first-order valence-corrected chi connectivity index (χ1v) is 8.93. The Labute approximate surface area is 84.5 Å². The normalized spacial score (nSPS) is 12.0. The summed E-state index contributed by atoms with van der Waals surface area (Å²) in [4.78, 5) is 0. The van der Waals surface area contributed by atoms with E-state index < -0.39 is 7.18 Å². The van der Waals surface area contributed by atoms with Gasteiger partial charge in [0, 0.05) is 13.2 Å². The molecule has 0 bridgehead atoms. The first-order valence-electron chi connectivity index (χ1n) is 4.65. The number of hydrogen-bond acceptors (Lipinski definition) is 2.